The van der Waals surface area contributed by atoms with E-state index in [1.54, 1.807) is 0 Å². The molecule has 2 N–H and O–H groups in total. The van der Waals surface area contributed by atoms with Crippen LogP contribution in [0.2, 0.25) is 0 Å². The number of unbranched alkanes of at least 4 members (excludes halogenated alkanes) is 15. The first kappa shape index (κ1) is 28.5. The van der Waals surface area contributed by atoms with Gasteiger partial charge >= 0.3 is 0 Å². The molecule has 0 aliphatic heterocycles. The molecule has 32 heavy (non-hydrogen) atoms. The number of hydrogen-bond acceptors (Lipinski definition) is 3. The highest BCUT2D eigenvalue weighted by Gasteiger charge is 2.12. The molecule has 0 saturated heterocycles. The summed E-state index contributed by atoms with van der Waals surface area (Å²) in [6, 6.07) is 5.62. The Hall–Kier alpha value is -1.55. The predicted molar refractivity (Wildman–Crippen MR) is 139 cm³/mol. The van der Waals surface area contributed by atoms with Crippen molar-refractivity contribution in [3.05, 3.63) is 29.3 Å². The van der Waals surface area contributed by atoms with Crippen molar-refractivity contribution in [3.63, 3.8) is 0 Å². The molecular weight excluding hydrogens is 396 g/mol. The summed E-state index contributed by atoms with van der Waals surface area (Å²) in [5, 5.41) is 12.5. The minimum atomic E-state index is -0.116. The van der Waals surface area contributed by atoms with E-state index in [4.69, 9.17) is 0 Å². The molecule has 0 fully saturated rings. The molecule has 0 aromatic heterocycles. The van der Waals surface area contributed by atoms with E-state index in [-0.39, 0.29) is 12.5 Å². The van der Waals surface area contributed by atoms with Crippen LogP contribution in [0.4, 0.5) is 5.69 Å². The fourth-order valence-electron chi connectivity index (χ4n) is 4.16. The molecule has 1 aromatic rings. The van der Waals surface area contributed by atoms with Gasteiger partial charge in [-0.15, -0.1) is 0 Å². The summed E-state index contributed by atoms with van der Waals surface area (Å²) in [6.07, 6.45) is 21.6. The standard InChI is InChI=1S/C28H50N2O2/c1-4-5-6-7-8-9-10-11-12-13-14-15-16-17-18-19-22-29-28(32)27-23-26(30(2)3)21-20-25(27)24-31/h20-21,23,31H,4-19,22,24H2,1-3H3,(H,29,32). The van der Waals surface area contributed by atoms with Gasteiger partial charge in [0, 0.05) is 31.9 Å². The first-order chi connectivity index (χ1) is 15.6. The lowest BCUT2D eigenvalue weighted by atomic mass is 10.0. The Balaban J connectivity index is 1.98. The highest BCUT2D eigenvalue weighted by atomic mass is 16.3. The summed E-state index contributed by atoms with van der Waals surface area (Å²) >= 11 is 0. The molecule has 0 unspecified atom stereocenters. The first-order valence-corrected chi connectivity index (χ1v) is 13.3. The maximum absolute atomic E-state index is 12.5. The summed E-state index contributed by atoms with van der Waals surface area (Å²) in [7, 11) is 3.90. The normalized spacial score (nSPS) is 11.0. The van der Waals surface area contributed by atoms with E-state index in [0.29, 0.717) is 17.7 Å². The molecule has 184 valence electrons. The highest BCUT2D eigenvalue weighted by Crippen LogP contribution is 2.18. The molecule has 1 amide bonds. The van der Waals surface area contributed by atoms with Crippen LogP contribution in [0.1, 0.15) is 126 Å². The van der Waals surface area contributed by atoms with Crippen LogP contribution in [-0.2, 0) is 6.61 Å². The number of anilines is 1. The summed E-state index contributed by atoms with van der Waals surface area (Å²) in [6.45, 7) is 2.87. The van der Waals surface area contributed by atoms with E-state index in [1.165, 1.54) is 96.3 Å². The molecule has 4 heteroatoms. The Morgan fingerprint density at radius 1 is 0.781 bits per heavy atom. The number of aliphatic hydroxyl groups excluding tert-OH is 1. The topological polar surface area (TPSA) is 52.6 Å². The molecule has 1 aromatic carbocycles. The lowest BCUT2D eigenvalue weighted by Crippen LogP contribution is -2.26. The van der Waals surface area contributed by atoms with Crippen LogP contribution in [-0.4, -0.2) is 31.7 Å². The Kier molecular flexibility index (Phi) is 16.9. The molecule has 4 nitrogen and oxygen atoms in total. The number of carbonyl (C=O) groups excluding carboxylic acids is 1. The molecule has 0 radical (unpaired) electrons. The highest BCUT2D eigenvalue weighted by molar-refractivity contribution is 5.96. The number of aliphatic hydroxyl groups is 1. The summed E-state index contributed by atoms with van der Waals surface area (Å²) < 4.78 is 0. The van der Waals surface area contributed by atoms with Gasteiger partial charge in [0.1, 0.15) is 0 Å². The van der Waals surface area contributed by atoms with E-state index in [0.717, 1.165) is 12.1 Å². The van der Waals surface area contributed by atoms with E-state index in [2.05, 4.69) is 12.2 Å². The third-order valence-corrected chi connectivity index (χ3v) is 6.34. The summed E-state index contributed by atoms with van der Waals surface area (Å²) in [5.74, 6) is -0.0845. The van der Waals surface area contributed by atoms with Crippen LogP contribution in [0.3, 0.4) is 0 Å². The van der Waals surface area contributed by atoms with Gasteiger partial charge in [0.05, 0.1) is 6.61 Å². The lowest BCUT2D eigenvalue weighted by molar-refractivity contribution is 0.0950. The molecule has 1 rings (SSSR count). The van der Waals surface area contributed by atoms with Gasteiger partial charge in [0.25, 0.3) is 5.91 Å². The molecule has 0 saturated carbocycles. The average Bonchev–Trinajstić information content (AvgIpc) is 2.80. The first-order valence-electron chi connectivity index (χ1n) is 13.3. The van der Waals surface area contributed by atoms with Gasteiger partial charge in [-0.25, -0.2) is 0 Å². The van der Waals surface area contributed by atoms with Gasteiger partial charge in [-0.05, 0) is 24.1 Å². The van der Waals surface area contributed by atoms with Crippen molar-refractivity contribution < 1.29 is 9.90 Å². The minimum Gasteiger partial charge on any atom is -0.392 e. The van der Waals surface area contributed by atoms with Gasteiger partial charge in [-0.3, -0.25) is 4.79 Å². The number of rotatable bonds is 20. The van der Waals surface area contributed by atoms with Crippen LogP contribution in [0.25, 0.3) is 0 Å². The van der Waals surface area contributed by atoms with Crippen LogP contribution >= 0.6 is 0 Å². The van der Waals surface area contributed by atoms with E-state index in [9.17, 15) is 9.90 Å². The van der Waals surface area contributed by atoms with E-state index < -0.39 is 0 Å². The Morgan fingerprint density at radius 3 is 1.69 bits per heavy atom. The van der Waals surface area contributed by atoms with Crippen molar-refractivity contribution in [1.82, 2.24) is 5.32 Å². The molecule has 0 bridgehead atoms. The molecule has 0 atom stereocenters. The fraction of sp³-hybridized carbons (Fsp3) is 0.750. The third-order valence-electron chi connectivity index (χ3n) is 6.34. The van der Waals surface area contributed by atoms with Crippen LogP contribution in [0.5, 0.6) is 0 Å². The van der Waals surface area contributed by atoms with Crippen LogP contribution in [0, 0.1) is 0 Å². The number of nitrogens with one attached hydrogen (secondary N) is 1. The minimum absolute atomic E-state index is 0.0845. The van der Waals surface area contributed by atoms with E-state index in [1.807, 2.05) is 37.2 Å². The smallest absolute Gasteiger partial charge is 0.251 e. The zero-order valence-corrected chi connectivity index (χ0v) is 21.3. The zero-order chi connectivity index (χ0) is 23.4. The number of nitrogens with zero attached hydrogens (tertiary/aromatic N) is 1. The second-order valence-corrected chi connectivity index (χ2v) is 9.45. The Labute approximate surface area is 198 Å². The number of amides is 1. The van der Waals surface area contributed by atoms with Crippen molar-refractivity contribution in [2.75, 3.05) is 25.5 Å². The molecule has 0 aliphatic carbocycles. The average molecular weight is 447 g/mol. The van der Waals surface area contributed by atoms with Gasteiger partial charge in [0.2, 0.25) is 0 Å². The summed E-state index contributed by atoms with van der Waals surface area (Å²) in [5.41, 5.74) is 2.23. The number of carbonyl (C=O) groups is 1. The van der Waals surface area contributed by atoms with Crippen molar-refractivity contribution in [1.29, 1.82) is 0 Å². The molecule has 0 aliphatic rings. The third kappa shape index (κ3) is 13.1. The second-order valence-electron chi connectivity index (χ2n) is 9.45. The van der Waals surface area contributed by atoms with Crippen molar-refractivity contribution in [2.24, 2.45) is 0 Å². The SMILES string of the molecule is CCCCCCCCCCCCCCCCCCNC(=O)c1cc(N(C)C)ccc1CO. The number of hydrogen-bond donors (Lipinski definition) is 2. The lowest BCUT2D eigenvalue weighted by Gasteiger charge is -2.16. The van der Waals surface area contributed by atoms with Crippen LogP contribution in [0.15, 0.2) is 18.2 Å². The number of benzene rings is 1. The second kappa shape index (κ2) is 19.0. The predicted octanol–water partition coefficient (Wildman–Crippen LogP) is 7.24. The van der Waals surface area contributed by atoms with Gasteiger partial charge in [-0.2, -0.15) is 0 Å². The largest absolute Gasteiger partial charge is 0.392 e. The summed E-state index contributed by atoms with van der Waals surface area (Å²) in [4.78, 5) is 14.5. The Bertz CT molecular complexity index is 601. The van der Waals surface area contributed by atoms with Crippen molar-refractivity contribution in [3.8, 4) is 0 Å². The maximum Gasteiger partial charge on any atom is 0.251 e. The van der Waals surface area contributed by atoms with E-state index >= 15 is 0 Å². The van der Waals surface area contributed by atoms with Crippen LogP contribution < -0.4 is 10.2 Å². The Morgan fingerprint density at radius 2 is 1.25 bits per heavy atom. The van der Waals surface area contributed by atoms with Gasteiger partial charge in [0.15, 0.2) is 0 Å². The quantitative estimate of drug-likeness (QED) is 0.208. The van der Waals surface area contributed by atoms with Crippen molar-refractivity contribution >= 4 is 11.6 Å². The van der Waals surface area contributed by atoms with Crippen molar-refractivity contribution in [2.45, 2.75) is 116 Å². The zero-order valence-electron chi connectivity index (χ0n) is 21.3. The van der Waals surface area contributed by atoms with Gasteiger partial charge < -0.3 is 15.3 Å². The fourth-order valence-corrected chi connectivity index (χ4v) is 4.16. The molecular formula is C28H50N2O2. The molecule has 0 spiro atoms. The maximum atomic E-state index is 12.5. The van der Waals surface area contributed by atoms with Gasteiger partial charge in [-0.1, -0.05) is 109 Å². The molecule has 0 heterocycles. The monoisotopic (exact) mass is 446 g/mol.